The minimum atomic E-state index is -0.458. The fourth-order valence-electron chi connectivity index (χ4n) is 11.0. The van der Waals surface area contributed by atoms with Gasteiger partial charge < -0.3 is 9.47 Å². The number of para-hydroxylation sites is 4. The average molecular weight is 801 g/mol. The van der Waals surface area contributed by atoms with Gasteiger partial charge in [0.2, 0.25) is 0 Å². The molecule has 0 atom stereocenters. The molecule has 0 N–H and O–H groups in total. The van der Waals surface area contributed by atoms with E-state index in [0.29, 0.717) is 0 Å². The zero-order valence-electron chi connectivity index (χ0n) is 34.5. The zero-order valence-corrected chi connectivity index (χ0v) is 34.5. The van der Waals surface area contributed by atoms with Crippen LogP contribution in [-0.2, 0) is 5.41 Å². The van der Waals surface area contributed by atoms with Crippen molar-refractivity contribution in [1.29, 1.82) is 0 Å². The van der Waals surface area contributed by atoms with E-state index in [0.717, 1.165) is 17.1 Å². The molecule has 0 fully saturated rings. The normalized spacial score (nSPS) is 12.9. The Bertz CT molecular complexity index is 3500. The van der Waals surface area contributed by atoms with Gasteiger partial charge in [-0.15, -0.1) is 0 Å². The number of anilines is 3. The van der Waals surface area contributed by atoms with Crippen molar-refractivity contribution in [2.45, 2.75) is 5.41 Å². The Kier molecular flexibility index (Phi) is 7.85. The van der Waals surface area contributed by atoms with Gasteiger partial charge in [0.05, 0.1) is 27.8 Å². The van der Waals surface area contributed by atoms with Gasteiger partial charge in [-0.05, 0) is 104 Å². The molecule has 2 heterocycles. The Balaban J connectivity index is 0.993. The topological polar surface area (TPSA) is 8.17 Å². The van der Waals surface area contributed by atoms with E-state index >= 15 is 0 Å². The molecule has 10 aromatic carbocycles. The van der Waals surface area contributed by atoms with Crippen LogP contribution in [0.2, 0.25) is 0 Å². The minimum Gasteiger partial charge on any atom is -0.310 e. The highest BCUT2D eigenvalue weighted by Crippen LogP contribution is 2.61. The Hall–Kier alpha value is -8.20. The molecule has 2 heteroatoms. The van der Waals surface area contributed by atoms with E-state index in [4.69, 9.17) is 0 Å². The first-order valence-electron chi connectivity index (χ1n) is 21.9. The van der Waals surface area contributed by atoms with Crippen molar-refractivity contribution in [3.8, 4) is 50.2 Å². The highest BCUT2D eigenvalue weighted by atomic mass is 15.1. The summed E-state index contributed by atoms with van der Waals surface area (Å²) in [6, 6.07) is 89.3. The Morgan fingerprint density at radius 3 is 1.56 bits per heavy atom. The molecule has 11 aromatic rings. The Labute approximate surface area is 367 Å². The van der Waals surface area contributed by atoms with Crippen molar-refractivity contribution >= 4 is 38.9 Å². The molecule has 294 valence electrons. The van der Waals surface area contributed by atoms with E-state index in [2.05, 4.69) is 252 Å². The zero-order chi connectivity index (χ0) is 41.5. The molecule has 1 aromatic heterocycles. The lowest BCUT2D eigenvalue weighted by Crippen LogP contribution is -2.33. The number of benzene rings is 10. The van der Waals surface area contributed by atoms with Gasteiger partial charge in [0.25, 0.3) is 0 Å². The van der Waals surface area contributed by atoms with Crippen molar-refractivity contribution in [2.75, 3.05) is 4.90 Å². The summed E-state index contributed by atoms with van der Waals surface area (Å²) in [5, 5.41) is 2.55. The number of hydrogen-bond donors (Lipinski definition) is 0. The van der Waals surface area contributed by atoms with Gasteiger partial charge in [0, 0.05) is 27.7 Å². The first-order chi connectivity index (χ1) is 31.3. The largest absolute Gasteiger partial charge is 0.310 e. The van der Waals surface area contributed by atoms with Gasteiger partial charge in [0.1, 0.15) is 0 Å². The monoisotopic (exact) mass is 800 g/mol. The molecule has 2 nitrogen and oxygen atoms in total. The summed E-state index contributed by atoms with van der Waals surface area (Å²) in [6.45, 7) is 0. The summed E-state index contributed by atoms with van der Waals surface area (Å²) in [5.41, 5.74) is 21.8. The smallest absolute Gasteiger partial charge is 0.0754 e. The quantitative estimate of drug-likeness (QED) is 0.163. The molecule has 13 rings (SSSR count). The van der Waals surface area contributed by atoms with Crippen LogP contribution in [0.5, 0.6) is 0 Å². The molecule has 63 heavy (non-hydrogen) atoms. The summed E-state index contributed by atoms with van der Waals surface area (Å²) < 4.78 is 2.54. The average Bonchev–Trinajstić information content (AvgIpc) is 3.86. The maximum absolute atomic E-state index is 2.54. The summed E-state index contributed by atoms with van der Waals surface area (Å²) >= 11 is 0. The van der Waals surface area contributed by atoms with E-state index < -0.39 is 5.41 Å². The van der Waals surface area contributed by atoms with E-state index in [9.17, 15) is 0 Å². The predicted molar refractivity (Wildman–Crippen MR) is 263 cm³/mol. The number of nitrogens with zero attached hydrogens (tertiary/aromatic N) is 2. The second-order valence-corrected chi connectivity index (χ2v) is 16.8. The summed E-state index contributed by atoms with van der Waals surface area (Å²) in [4.78, 5) is 2.39. The van der Waals surface area contributed by atoms with Crippen LogP contribution in [0.1, 0.15) is 22.3 Å². The third-order valence-corrected chi connectivity index (χ3v) is 13.6. The third-order valence-electron chi connectivity index (χ3n) is 13.6. The van der Waals surface area contributed by atoms with E-state index in [-0.39, 0.29) is 0 Å². The highest BCUT2D eigenvalue weighted by Gasteiger charge is 2.50. The van der Waals surface area contributed by atoms with Crippen molar-refractivity contribution in [3.63, 3.8) is 0 Å². The molecular weight excluding hydrogens is 761 g/mol. The summed E-state index contributed by atoms with van der Waals surface area (Å²) in [6.07, 6.45) is 0. The van der Waals surface area contributed by atoms with Crippen molar-refractivity contribution in [3.05, 3.63) is 265 Å². The van der Waals surface area contributed by atoms with Crippen LogP contribution in [-0.4, -0.2) is 4.57 Å². The van der Waals surface area contributed by atoms with Gasteiger partial charge in [-0.3, -0.25) is 0 Å². The molecule has 2 aliphatic rings. The van der Waals surface area contributed by atoms with Crippen LogP contribution in [0.25, 0.3) is 72.0 Å². The molecule has 1 aliphatic carbocycles. The molecule has 0 bridgehead atoms. The van der Waals surface area contributed by atoms with Crippen molar-refractivity contribution < 1.29 is 0 Å². The van der Waals surface area contributed by atoms with Crippen LogP contribution in [0.4, 0.5) is 17.1 Å². The van der Waals surface area contributed by atoms with Gasteiger partial charge in [-0.2, -0.15) is 0 Å². The molecule has 0 saturated carbocycles. The molecule has 0 saturated heterocycles. The lowest BCUT2D eigenvalue weighted by atomic mass is 9.65. The third kappa shape index (κ3) is 5.13. The number of rotatable bonds is 6. The predicted octanol–water partition coefficient (Wildman–Crippen LogP) is 15.9. The first-order valence-corrected chi connectivity index (χ1v) is 21.9. The van der Waals surface area contributed by atoms with Crippen LogP contribution in [0.15, 0.2) is 243 Å². The van der Waals surface area contributed by atoms with Gasteiger partial charge >= 0.3 is 0 Å². The molecule has 0 unspecified atom stereocenters. The second kappa shape index (κ2) is 13.9. The van der Waals surface area contributed by atoms with Crippen molar-refractivity contribution in [2.24, 2.45) is 0 Å². The maximum atomic E-state index is 2.54. The summed E-state index contributed by atoms with van der Waals surface area (Å²) in [5.74, 6) is 0. The van der Waals surface area contributed by atoms with Gasteiger partial charge in [-0.1, -0.05) is 200 Å². The molecule has 0 radical (unpaired) electrons. The Morgan fingerprint density at radius 2 is 0.825 bits per heavy atom. The number of aromatic nitrogens is 1. The van der Waals surface area contributed by atoms with E-state index in [1.807, 2.05) is 0 Å². The first kappa shape index (κ1) is 35.5. The standard InChI is InChI=1S/C61H40N2/c1-3-17-41(18-4-1)42-31-33-43(34-32-42)47-21-9-14-28-56(47)62(45-19-5-2-6-20-45)46-37-35-44(36-38-46)48-39-40-55-60-59(48)51-24-10-15-29-57(51)63(60)58-30-16-13-27-54(58)61(55)52-25-11-7-22-49(52)50-23-8-12-26-53(50)61/h1-40H. The van der Waals surface area contributed by atoms with Gasteiger partial charge in [0.15, 0.2) is 0 Å². The molecule has 0 amide bonds. The Morgan fingerprint density at radius 1 is 0.317 bits per heavy atom. The maximum Gasteiger partial charge on any atom is 0.0754 e. The van der Waals surface area contributed by atoms with Crippen LogP contribution in [0, 0.1) is 0 Å². The highest BCUT2D eigenvalue weighted by molar-refractivity contribution is 6.18. The molecule has 1 spiro atoms. The fraction of sp³-hybridized carbons (Fsp3) is 0.0164. The number of fused-ring (bicyclic) bond motifs is 12. The van der Waals surface area contributed by atoms with Crippen LogP contribution >= 0.6 is 0 Å². The van der Waals surface area contributed by atoms with Gasteiger partial charge in [-0.25, -0.2) is 0 Å². The SMILES string of the molecule is c1ccc(-c2ccc(-c3ccccc3N(c3ccccc3)c3ccc(-c4ccc5c6c4c4ccccc4n6-c4ccccc4C54c5ccccc5-c5ccccc54)cc3)cc2)cc1. The van der Waals surface area contributed by atoms with E-state index in [1.54, 1.807) is 0 Å². The lowest BCUT2D eigenvalue weighted by molar-refractivity contribution is 0.748. The second-order valence-electron chi connectivity index (χ2n) is 16.8. The minimum absolute atomic E-state index is 0.458. The lowest BCUT2D eigenvalue weighted by Gasteiger charge is -2.39. The fourth-order valence-corrected chi connectivity index (χ4v) is 11.0. The van der Waals surface area contributed by atoms with E-state index in [1.165, 1.54) is 94.3 Å². The number of hydrogen-bond acceptors (Lipinski definition) is 1. The molecular formula is C61H40N2. The van der Waals surface area contributed by atoms with Crippen LogP contribution in [0.3, 0.4) is 0 Å². The molecule has 1 aliphatic heterocycles. The van der Waals surface area contributed by atoms with Crippen molar-refractivity contribution in [1.82, 2.24) is 4.57 Å². The van der Waals surface area contributed by atoms with Crippen LogP contribution < -0.4 is 4.90 Å². The summed E-state index contributed by atoms with van der Waals surface area (Å²) in [7, 11) is 0.